The van der Waals surface area contributed by atoms with Crippen LogP contribution in [0.15, 0.2) is 46.9 Å². The number of benzene rings is 2. The first kappa shape index (κ1) is 14.0. The highest BCUT2D eigenvalue weighted by Gasteiger charge is 2.13. The standard InChI is InChI=1S/C15H14BrF2N/c1-2-15(11-5-3-4-6-13(11)17)19-10-7-8-12(16)14(18)9-10/h3-9,15,19H,2H2,1H3. The van der Waals surface area contributed by atoms with Crippen LogP contribution in [0.4, 0.5) is 14.5 Å². The normalized spacial score (nSPS) is 12.2. The van der Waals surface area contributed by atoms with Crippen molar-refractivity contribution in [2.45, 2.75) is 19.4 Å². The lowest BCUT2D eigenvalue weighted by atomic mass is 10.0. The Morgan fingerprint density at radius 1 is 1.11 bits per heavy atom. The van der Waals surface area contributed by atoms with Gasteiger partial charge in [0, 0.05) is 11.3 Å². The molecule has 0 amide bonds. The summed E-state index contributed by atoms with van der Waals surface area (Å²) in [6, 6.07) is 11.2. The summed E-state index contributed by atoms with van der Waals surface area (Å²) < 4.78 is 27.6. The third-order valence-electron chi connectivity index (χ3n) is 2.95. The van der Waals surface area contributed by atoms with E-state index in [-0.39, 0.29) is 17.7 Å². The summed E-state index contributed by atoms with van der Waals surface area (Å²) in [7, 11) is 0. The lowest BCUT2D eigenvalue weighted by molar-refractivity contribution is 0.586. The summed E-state index contributed by atoms with van der Waals surface area (Å²) in [4.78, 5) is 0. The van der Waals surface area contributed by atoms with Crippen molar-refractivity contribution in [3.63, 3.8) is 0 Å². The molecular formula is C15H14BrF2N. The van der Waals surface area contributed by atoms with E-state index in [0.29, 0.717) is 22.1 Å². The van der Waals surface area contributed by atoms with Crippen molar-refractivity contribution in [2.75, 3.05) is 5.32 Å². The zero-order valence-electron chi connectivity index (χ0n) is 10.5. The Hall–Kier alpha value is -1.42. The molecule has 0 spiro atoms. The van der Waals surface area contributed by atoms with Gasteiger partial charge < -0.3 is 5.32 Å². The van der Waals surface area contributed by atoms with Crippen LogP contribution in [0.2, 0.25) is 0 Å². The molecule has 0 aliphatic rings. The van der Waals surface area contributed by atoms with Crippen molar-refractivity contribution in [2.24, 2.45) is 0 Å². The third kappa shape index (κ3) is 3.32. The number of hydrogen-bond acceptors (Lipinski definition) is 1. The van der Waals surface area contributed by atoms with Gasteiger partial charge in [-0.25, -0.2) is 8.78 Å². The molecule has 19 heavy (non-hydrogen) atoms. The minimum absolute atomic E-state index is 0.179. The van der Waals surface area contributed by atoms with Crippen LogP contribution in [0.1, 0.15) is 24.9 Å². The fraction of sp³-hybridized carbons (Fsp3) is 0.200. The summed E-state index contributed by atoms with van der Waals surface area (Å²) in [5.74, 6) is -0.590. The molecule has 0 fully saturated rings. The molecule has 0 heterocycles. The Labute approximate surface area is 119 Å². The van der Waals surface area contributed by atoms with Crippen molar-refractivity contribution < 1.29 is 8.78 Å². The Morgan fingerprint density at radius 3 is 2.47 bits per heavy atom. The molecule has 1 unspecified atom stereocenters. The molecular weight excluding hydrogens is 312 g/mol. The first-order valence-corrected chi connectivity index (χ1v) is 6.87. The first-order valence-electron chi connectivity index (χ1n) is 6.08. The number of anilines is 1. The van der Waals surface area contributed by atoms with Crippen molar-refractivity contribution in [1.82, 2.24) is 0 Å². The van der Waals surface area contributed by atoms with Gasteiger partial charge in [-0.2, -0.15) is 0 Å². The molecule has 0 aliphatic carbocycles. The van der Waals surface area contributed by atoms with Crippen molar-refractivity contribution in [1.29, 1.82) is 0 Å². The van der Waals surface area contributed by atoms with E-state index in [0.717, 1.165) is 0 Å². The number of halogens is 3. The van der Waals surface area contributed by atoms with Crippen LogP contribution >= 0.6 is 15.9 Å². The Morgan fingerprint density at radius 2 is 1.84 bits per heavy atom. The van der Waals surface area contributed by atoms with E-state index in [1.54, 1.807) is 30.3 Å². The van der Waals surface area contributed by atoms with Gasteiger partial charge >= 0.3 is 0 Å². The van der Waals surface area contributed by atoms with Gasteiger partial charge in [-0.1, -0.05) is 25.1 Å². The molecule has 0 aromatic heterocycles. The molecule has 2 rings (SSSR count). The van der Waals surface area contributed by atoms with Crippen LogP contribution in [0.5, 0.6) is 0 Å². The zero-order valence-corrected chi connectivity index (χ0v) is 12.0. The first-order chi connectivity index (χ1) is 9.11. The molecule has 0 saturated heterocycles. The zero-order chi connectivity index (χ0) is 13.8. The molecule has 1 nitrogen and oxygen atoms in total. The Kier molecular flexibility index (Phi) is 4.53. The maximum atomic E-state index is 13.8. The van der Waals surface area contributed by atoms with Crippen molar-refractivity contribution >= 4 is 21.6 Å². The third-order valence-corrected chi connectivity index (χ3v) is 3.59. The quantitative estimate of drug-likeness (QED) is 0.805. The molecule has 4 heteroatoms. The van der Waals surface area contributed by atoms with Crippen LogP contribution in [0.25, 0.3) is 0 Å². The largest absolute Gasteiger partial charge is 0.378 e. The molecule has 1 N–H and O–H groups in total. The fourth-order valence-corrected chi connectivity index (χ4v) is 2.19. The number of nitrogens with one attached hydrogen (secondary N) is 1. The van der Waals surface area contributed by atoms with Gasteiger partial charge in [-0.3, -0.25) is 0 Å². The minimum atomic E-state index is -0.339. The summed E-state index contributed by atoms with van der Waals surface area (Å²) in [6.07, 6.45) is 0.707. The van der Waals surface area contributed by atoms with Crippen LogP contribution in [-0.2, 0) is 0 Å². The molecule has 0 radical (unpaired) electrons. The van der Waals surface area contributed by atoms with Crippen LogP contribution < -0.4 is 5.32 Å². The maximum Gasteiger partial charge on any atom is 0.139 e. The summed E-state index contributed by atoms with van der Waals surface area (Å²) in [5, 5.41) is 3.15. The van der Waals surface area contributed by atoms with Gasteiger partial charge in [0.15, 0.2) is 0 Å². The molecule has 1 atom stereocenters. The van der Waals surface area contributed by atoms with E-state index < -0.39 is 0 Å². The predicted octanol–water partition coefficient (Wildman–Crippen LogP) is 5.29. The van der Waals surface area contributed by atoms with Gasteiger partial charge in [-0.15, -0.1) is 0 Å². The summed E-state index contributed by atoms with van der Waals surface area (Å²) in [5.41, 5.74) is 1.23. The average Bonchev–Trinajstić information content (AvgIpc) is 2.41. The second-order valence-corrected chi connectivity index (χ2v) is 5.11. The fourth-order valence-electron chi connectivity index (χ4n) is 1.94. The van der Waals surface area contributed by atoms with E-state index >= 15 is 0 Å². The van der Waals surface area contributed by atoms with Crippen molar-refractivity contribution in [3.05, 3.63) is 64.1 Å². The van der Waals surface area contributed by atoms with E-state index in [9.17, 15) is 8.78 Å². The second-order valence-electron chi connectivity index (χ2n) is 4.26. The van der Waals surface area contributed by atoms with E-state index in [2.05, 4.69) is 21.2 Å². The second kappa shape index (κ2) is 6.15. The molecule has 0 saturated carbocycles. The lowest BCUT2D eigenvalue weighted by Gasteiger charge is -2.19. The minimum Gasteiger partial charge on any atom is -0.378 e. The van der Waals surface area contributed by atoms with E-state index in [1.165, 1.54) is 12.1 Å². The molecule has 100 valence electrons. The van der Waals surface area contributed by atoms with Gasteiger partial charge in [0.2, 0.25) is 0 Å². The Balaban J connectivity index is 2.24. The highest BCUT2D eigenvalue weighted by molar-refractivity contribution is 9.10. The number of rotatable bonds is 4. The lowest BCUT2D eigenvalue weighted by Crippen LogP contribution is -2.11. The van der Waals surface area contributed by atoms with Gasteiger partial charge in [-0.05, 0) is 46.6 Å². The molecule has 2 aromatic rings. The molecule has 2 aromatic carbocycles. The van der Waals surface area contributed by atoms with E-state index in [1.807, 2.05) is 6.92 Å². The maximum absolute atomic E-state index is 13.8. The average molecular weight is 326 g/mol. The van der Waals surface area contributed by atoms with Crippen LogP contribution in [0, 0.1) is 11.6 Å². The SMILES string of the molecule is CCC(Nc1ccc(Br)c(F)c1)c1ccccc1F. The van der Waals surface area contributed by atoms with E-state index in [4.69, 9.17) is 0 Å². The number of hydrogen-bond donors (Lipinski definition) is 1. The van der Waals surface area contributed by atoms with Crippen LogP contribution in [-0.4, -0.2) is 0 Å². The predicted molar refractivity (Wildman–Crippen MR) is 77.2 cm³/mol. The topological polar surface area (TPSA) is 12.0 Å². The van der Waals surface area contributed by atoms with Gasteiger partial charge in [0.1, 0.15) is 11.6 Å². The van der Waals surface area contributed by atoms with Crippen molar-refractivity contribution in [3.8, 4) is 0 Å². The molecule has 0 aliphatic heterocycles. The Bertz CT molecular complexity index is 572. The smallest absolute Gasteiger partial charge is 0.139 e. The summed E-state index contributed by atoms with van der Waals surface area (Å²) >= 11 is 3.11. The van der Waals surface area contributed by atoms with Gasteiger partial charge in [0.25, 0.3) is 0 Å². The summed E-state index contributed by atoms with van der Waals surface area (Å²) in [6.45, 7) is 1.96. The monoisotopic (exact) mass is 325 g/mol. The van der Waals surface area contributed by atoms with Gasteiger partial charge in [0.05, 0.1) is 10.5 Å². The van der Waals surface area contributed by atoms with Crippen LogP contribution in [0.3, 0.4) is 0 Å². The molecule has 0 bridgehead atoms. The highest BCUT2D eigenvalue weighted by atomic mass is 79.9. The highest BCUT2D eigenvalue weighted by Crippen LogP contribution is 2.26.